The highest BCUT2D eigenvalue weighted by Crippen LogP contribution is 2.05. The van der Waals surface area contributed by atoms with Gasteiger partial charge in [-0.3, -0.25) is 9.36 Å². The number of nitrogens with zero attached hydrogens (tertiary/aromatic N) is 2. The molecule has 0 radical (unpaired) electrons. The van der Waals surface area contributed by atoms with Crippen molar-refractivity contribution in [2.45, 2.75) is 27.2 Å². The zero-order valence-electron chi connectivity index (χ0n) is 9.22. The first-order chi connectivity index (χ1) is 6.61. The van der Waals surface area contributed by atoms with Crippen molar-refractivity contribution in [1.82, 2.24) is 9.55 Å². The second-order valence-corrected chi connectivity index (χ2v) is 3.25. The standard InChI is InChI=1S/C10H17N3O/c1-5-8-7(3)12-10(11-6-2)13(4)9(8)14/h5-6H2,1-4H3,(H,11,12). The fourth-order valence-corrected chi connectivity index (χ4v) is 1.48. The van der Waals surface area contributed by atoms with E-state index >= 15 is 0 Å². The van der Waals surface area contributed by atoms with Gasteiger partial charge >= 0.3 is 0 Å². The van der Waals surface area contributed by atoms with Crippen molar-refractivity contribution in [2.24, 2.45) is 7.05 Å². The Morgan fingerprint density at radius 1 is 1.43 bits per heavy atom. The third-order valence-corrected chi connectivity index (χ3v) is 2.28. The molecule has 1 aromatic rings. The Labute approximate surface area is 84.0 Å². The summed E-state index contributed by atoms with van der Waals surface area (Å²) in [5.41, 5.74) is 1.68. The Kier molecular flexibility index (Phi) is 3.28. The smallest absolute Gasteiger partial charge is 0.258 e. The van der Waals surface area contributed by atoms with Gasteiger partial charge in [-0.1, -0.05) is 6.92 Å². The molecule has 4 heteroatoms. The molecule has 14 heavy (non-hydrogen) atoms. The Balaban J connectivity index is 3.33. The van der Waals surface area contributed by atoms with Crippen LogP contribution in [-0.4, -0.2) is 16.1 Å². The van der Waals surface area contributed by atoms with Crippen LogP contribution in [0.5, 0.6) is 0 Å². The normalized spacial score (nSPS) is 10.3. The number of rotatable bonds is 3. The van der Waals surface area contributed by atoms with E-state index in [9.17, 15) is 4.79 Å². The molecule has 0 bridgehead atoms. The third-order valence-electron chi connectivity index (χ3n) is 2.28. The summed E-state index contributed by atoms with van der Waals surface area (Å²) in [5.74, 6) is 0.646. The fourth-order valence-electron chi connectivity index (χ4n) is 1.48. The second-order valence-electron chi connectivity index (χ2n) is 3.25. The molecule has 0 saturated carbocycles. The maximum Gasteiger partial charge on any atom is 0.258 e. The molecule has 78 valence electrons. The van der Waals surface area contributed by atoms with Gasteiger partial charge in [0.15, 0.2) is 0 Å². The molecule has 0 spiro atoms. The van der Waals surface area contributed by atoms with Gasteiger partial charge in [-0.25, -0.2) is 4.98 Å². The molecule has 0 aromatic carbocycles. The van der Waals surface area contributed by atoms with Crippen molar-refractivity contribution < 1.29 is 0 Å². The summed E-state index contributed by atoms with van der Waals surface area (Å²) in [6.07, 6.45) is 0.734. The van der Waals surface area contributed by atoms with Crippen molar-refractivity contribution in [3.05, 3.63) is 21.6 Å². The van der Waals surface area contributed by atoms with E-state index in [1.165, 1.54) is 0 Å². The summed E-state index contributed by atoms with van der Waals surface area (Å²) in [4.78, 5) is 16.1. The highest BCUT2D eigenvalue weighted by molar-refractivity contribution is 5.30. The van der Waals surface area contributed by atoms with Crippen LogP contribution in [0.3, 0.4) is 0 Å². The summed E-state index contributed by atoms with van der Waals surface area (Å²) >= 11 is 0. The van der Waals surface area contributed by atoms with Crippen LogP contribution >= 0.6 is 0 Å². The molecule has 0 amide bonds. The predicted molar refractivity (Wildman–Crippen MR) is 57.8 cm³/mol. The van der Waals surface area contributed by atoms with E-state index in [1.54, 1.807) is 11.6 Å². The van der Waals surface area contributed by atoms with Crippen molar-refractivity contribution in [3.63, 3.8) is 0 Å². The molecule has 0 aliphatic rings. The van der Waals surface area contributed by atoms with Crippen LogP contribution in [-0.2, 0) is 13.5 Å². The van der Waals surface area contributed by atoms with Crippen LogP contribution in [0.2, 0.25) is 0 Å². The fraction of sp³-hybridized carbons (Fsp3) is 0.600. The van der Waals surface area contributed by atoms with Gasteiger partial charge in [-0.15, -0.1) is 0 Å². The van der Waals surface area contributed by atoms with Crippen LogP contribution in [0.15, 0.2) is 4.79 Å². The van der Waals surface area contributed by atoms with Crippen molar-refractivity contribution in [2.75, 3.05) is 11.9 Å². The summed E-state index contributed by atoms with van der Waals surface area (Å²) in [6, 6.07) is 0. The van der Waals surface area contributed by atoms with Gasteiger partial charge in [-0.05, 0) is 20.3 Å². The number of hydrogen-bond acceptors (Lipinski definition) is 3. The van der Waals surface area contributed by atoms with Crippen LogP contribution in [0.1, 0.15) is 25.1 Å². The van der Waals surface area contributed by atoms with Gasteiger partial charge in [0.2, 0.25) is 5.95 Å². The Bertz CT molecular complexity index is 382. The van der Waals surface area contributed by atoms with Crippen LogP contribution in [0.4, 0.5) is 5.95 Å². The number of hydrogen-bond donors (Lipinski definition) is 1. The quantitative estimate of drug-likeness (QED) is 0.785. The van der Waals surface area contributed by atoms with Gasteiger partial charge in [-0.2, -0.15) is 0 Å². The van der Waals surface area contributed by atoms with E-state index in [0.717, 1.165) is 24.2 Å². The lowest BCUT2D eigenvalue weighted by Crippen LogP contribution is -2.26. The second kappa shape index (κ2) is 4.26. The van der Waals surface area contributed by atoms with Gasteiger partial charge in [0, 0.05) is 24.8 Å². The largest absolute Gasteiger partial charge is 0.356 e. The van der Waals surface area contributed by atoms with E-state index in [4.69, 9.17) is 0 Å². The highest BCUT2D eigenvalue weighted by atomic mass is 16.1. The van der Waals surface area contributed by atoms with E-state index in [1.807, 2.05) is 20.8 Å². The first kappa shape index (κ1) is 10.8. The Morgan fingerprint density at radius 2 is 2.07 bits per heavy atom. The molecule has 0 aliphatic carbocycles. The SMILES string of the molecule is CCNc1nc(C)c(CC)c(=O)n1C. The van der Waals surface area contributed by atoms with Gasteiger partial charge in [0.1, 0.15) is 0 Å². The minimum atomic E-state index is 0.0518. The molecule has 4 nitrogen and oxygen atoms in total. The molecule has 1 aromatic heterocycles. The number of nitrogens with one attached hydrogen (secondary N) is 1. The lowest BCUT2D eigenvalue weighted by Gasteiger charge is -2.11. The van der Waals surface area contributed by atoms with Crippen molar-refractivity contribution in [3.8, 4) is 0 Å². The highest BCUT2D eigenvalue weighted by Gasteiger charge is 2.08. The summed E-state index contributed by atoms with van der Waals surface area (Å²) < 4.78 is 1.56. The van der Waals surface area contributed by atoms with Crippen molar-refractivity contribution in [1.29, 1.82) is 0 Å². The van der Waals surface area contributed by atoms with Crippen molar-refractivity contribution >= 4 is 5.95 Å². The molecule has 1 heterocycles. The van der Waals surface area contributed by atoms with E-state index in [0.29, 0.717) is 5.95 Å². The summed E-state index contributed by atoms with van der Waals surface area (Å²) in [6.45, 7) is 6.60. The zero-order chi connectivity index (χ0) is 10.7. The maximum atomic E-state index is 11.8. The maximum absolute atomic E-state index is 11.8. The molecule has 0 saturated heterocycles. The molecule has 0 atom stereocenters. The van der Waals surface area contributed by atoms with E-state index in [2.05, 4.69) is 10.3 Å². The van der Waals surface area contributed by atoms with Gasteiger partial charge in [0.25, 0.3) is 5.56 Å². The molecular weight excluding hydrogens is 178 g/mol. The first-order valence-corrected chi connectivity index (χ1v) is 4.92. The molecule has 0 aliphatic heterocycles. The lowest BCUT2D eigenvalue weighted by molar-refractivity contribution is 0.789. The van der Waals surface area contributed by atoms with Crippen LogP contribution < -0.4 is 10.9 Å². The summed E-state index contributed by atoms with van der Waals surface area (Å²) in [7, 11) is 1.74. The first-order valence-electron chi connectivity index (χ1n) is 4.92. The molecule has 0 fully saturated rings. The molecule has 0 unspecified atom stereocenters. The van der Waals surface area contributed by atoms with Gasteiger partial charge < -0.3 is 5.32 Å². The van der Waals surface area contributed by atoms with E-state index < -0.39 is 0 Å². The number of aryl methyl sites for hydroxylation is 1. The number of anilines is 1. The molecule has 1 N–H and O–H groups in total. The van der Waals surface area contributed by atoms with Crippen LogP contribution in [0.25, 0.3) is 0 Å². The minimum absolute atomic E-state index is 0.0518. The summed E-state index contributed by atoms with van der Waals surface area (Å²) in [5, 5.41) is 3.06. The topological polar surface area (TPSA) is 46.9 Å². The predicted octanol–water partition coefficient (Wildman–Crippen LogP) is 1.08. The molecule has 1 rings (SSSR count). The third kappa shape index (κ3) is 1.78. The minimum Gasteiger partial charge on any atom is -0.356 e. The number of aromatic nitrogens is 2. The van der Waals surface area contributed by atoms with Gasteiger partial charge in [0.05, 0.1) is 0 Å². The average molecular weight is 195 g/mol. The Hall–Kier alpha value is -1.32. The Morgan fingerprint density at radius 3 is 2.57 bits per heavy atom. The average Bonchev–Trinajstić information content (AvgIpc) is 2.15. The molecular formula is C10H17N3O. The lowest BCUT2D eigenvalue weighted by atomic mass is 10.2. The monoisotopic (exact) mass is 195 g/mol. The van der Waals surface area contributed by atoms with E-state index in [-0.39, 0.29) is 5.56 Å². The van der Waals surface area contributed by atoms with Crippen LogP contribution in [0, 0.1) is 6.92 Å². The zero-order valence-corrected chi connectivity index (χ0v) is 9.22.